The fourth-order valence-electron chi connectivity index (χ4n) is 1.32. The van der Waals surface area contributed by atoms with Gasteiger partial charge in [0.25, 0.3) is 0 Å². The van der Waals surface area contributed by atoms with Crippen molar-refractivity contribution in [3.05, 3.63) is 24.2 Å². The first-order chi connectivity index (χ1) is 7.55. The van der Waals surface area contributed by atoms with Crippen molar-refractivity contribution in [2.45, 2.75) is 25.9 Å². The molecule has 2 N–H and O–H groups in total. The van der Waals surface area contributed by atoms with Gasteiger partial charge in [0.15, 0.2) is 0 Å². The van der Waals surface area contributed by atoms with Crippen molar-refractivity contribution in [2.24, 2.45) is 0 Å². The van der Waals surface area contributed by atoms with Crippen LogP contribution in [0.2, 0.25) is 0 Å². The maximum absolute atomic E-state index is 11.3. The van der Waals surface area contributed by atoms with Gasteiger partial charge in [-0.1, -0.05) is 6.92 Å². The summed E-state index contributed by atoms with van der Waals surface area (Å²) < 4.78 is 29.8. The Bertz CT molecular complexity index is 385. The van der Waals surface area contributed by atoms with E-state index in [1.54, 1.807) is 13.0 Å². The Morgan fingerprint density at radius 1 is 1.56 bits per heavy atom. The number of hydrogen-bond acceptors (Lipinski definition) is 4. The summed E-state index contributed by atoms with van der Waals surface area (Å²) in [6.07, 6.45) is 3.15. The number of aliphatic hydroxyl groups is 1. The van der Waals surface area contributed by atoms with Crippen molar-refractivity contribution in [2.75, 3.05) is 12.3 Å². The third kappa shape index (κ3) is 4.34. The monoisotopic (exact) mass is 247 g/mol. The molecular weight excluding hydrogens is 230 g/mol. The van der Waals surface area contributed by atoms with Crippen LogP contribution in [0.3, 0.4) is 0 Å². The highest BCUT2D eigenvalue weighted by atomic mass is 32.2. The van der Waals surface area contributed by atoms with E-state index in [-0.39, 0.29) is 12.3 Å². The zero-order chi connectivity index (χ0) is 12.0. The lowest BCUT2D eigenvalue weighted by Crippen LogP contribution is -2.28. The second kappa shape index (κ2) is 6.03. The molecule has 1 rings (SSSR count). The number of rotatable bonds is 7. The molecule has 1 unspecified atom stereocenters. The molecule has 16 heavy (non-hydrogen) atoms. The summed E-state index contributed by atoms with van der Waals surface area (Å²) >= 11 is 0. The van der Waals surface area contributed by atoms with Gasteiger partial charge in [-0.2, -0.15) is 0 Å². The number of sulfonamides is 1. The largest absolute Gasteiger partial charge is 0.472 e. The maximum atomic E-state index is 11.3. The standard InChI is InChI=1S/C10H17NO4S/c1-2-7-16(13,14)11-5-3-10(12)9-4-6-15-8-9/h4,6,8,10-12H,2-3,5,7H2,1H3. The Kier molecular flexibility index (Phi) is 4.98. The van der Waals surface area contributed by atoms with Gasteiger partial charge >= 0.3 is 0 Å². The Balaban J connectivity index is 2.31. The van der Waals surface area contributed by atoms with E-state index in [0.717, 1.165) is 0 Å². The minimum atomic E-state index is -3.18. The molecule has 0 amide bonds. The molecule has 1 atom stereocenters. The fraction of sp³-hybridized carbons (Fsp3) is 0.600. The van der Waals surface area contributed by atoms with Gasteiger partial charge in [0.1, 0.15) is 0 Å². The lowest BCUT2D eigenvalue weighted by atomic mass is 10.1. The molecular formula is C10H17NO4S. The molecule has 0 saturated heterocycles. The molecule has 0 aliphatic carbocycles. The summed E-state index contributed by atoms with van der Waals surface area (Å²) in [5.41, 5.74) is 0.662. The molecule has 1 aromatic heterocycles. The summed E-state index contributed by atoms with van der Waals surface area (Å²) in [7, 11) is -3.18. The van der Waals surface area contributed by atoms with E-state index in [9.17, 15) is 13.5 Å². The predicted octanol–water partition coefficient (Wildman–Crippen LogP) is 1.03. The zero-order valence-corrected chi connectivity index (χ0v) is 10.0. The van der Waals surface area contributed by atoms with E-state index >= 15 is 0 Å². The van der Waals surface area contributed by atoms with Gasteiger partial charge in [-0.15, -0.1) is 0 Å². The van der Waals surface area contributed by atoms with Crippen LogP contribution < -0.4 is 4.72 Å². The van der Waals surface area contributed by atoms with Crippen LogP contribution in [0.25, 0.3) is 0 Å². The number of hydrogen-bond donors (Lipinski definition) is 2. The number of nitrogens with one attached hydrogen (secondary N) is 1. The molecule has 6 heteroatoms. The molecule has 92 valence electrons. The Morgan fingerprint density at radius 3 is 2.88 bits per heavy atom. The first kappa shape index (κ1) is 13.2. The van der Waals surface area contributed by atoms with E-state index < -0.39 is 16.1 Å². The second-order valence-corrected chi connectivity index (χ2v) is 5.50. The third-order valence-corrected chi connectivity index (χ3v) is 3.73. The SMILES string of the molecule is CCCS(=O)(=O)NCCC(O)c1ccoc1. The van der Waals surface area contributed by atoms with Gasteiger partial charge < -0.3 is 9.52 Å². The van der Waals surface area contributed by atoms with Crippen molar-refractivity contribution in [1.29, 1.82) is 0 Å². The third-order valence-electron chi connectivity index (χ3n) is 2.14. The van der Waals surface area contributed by atoms with Crippen LogP contribution in [0.1, 0.15) is 31.4 Å². The van der Waals surface area contributed by atoms with Crippen LogP contribution in [0.4, 0.5) is 0 Å². The van der Waals surface area contributed by atoms with Gasteiger partial charge in [-0.05, 0) is 18.9 Å². The van der Waals surface area contributed by atoms with Gasteiger partial charge in [0.05, 0.1) is 24.4 Å². The lowest BCUT2D eigenvalue weighted by Gasteiger charge is -2.09. The lowest BCUT2D eigenvalue weighted by molar-refractivity contribution is 0.168. The van der Waals surface area contributed by atoms with Crippen molar-refractivity contribution < 1.29 is 17.9 Å². The summed E-state index contributed by atoms with van der Waals surface area (Å²) in [5.74, 6) is 0.120. The second-order valence-electron chi connectivity index (χ2n) is 3.57. The highest BCUT2D eigenvalue weighted by molar-refractivity contribution is 7.89. The van der Waals surface area contributed by atoms with Crippen LogP contribution >= 0.6 is 0 Å². The van der Waals surface area contributed by atoms with Crippen molar-refractivity contribution >= 4 is 10.0 Å². The molecule has 0 radical (unpaired) electrons. The average molecular weight is 247 g/mol. The van der Waals surface area contributed by atoms with Crippen LogP contribution in [-0.2, 0) is 10.0 Å². The first-order valence-electron chi connectivity index (χ1n) is 5.22. The van der Waals surface area contributed by atoms with Crippen LogP contribution in [0, 0.1) is 0 Å². The Morgan fingerprint density at radius 2 is 2.31 bits per heavy atom. The average Bonchev–Trinajstić information content (AvgIpc) is 2.69. The van der Waals surface area contributed by atoms with Gasteiger partial charge in [0.2, 0.25) is 10.0 Å². The first-order valence-corrected chi connectivity index (χ1v) is 6.88. The molecule has 1 heterocycles. The Hall–Kier alpha value is -0.850. The van der Waals surface area contributed by atoms with Crippen molar-refractivity contribution in [3.63, 3.8) is 0 Å². The maximum Gasteiger partial charge on any atom is 0.211 e. The highest BCUT2D eigenvalue weighted by Crippen LogP contribution is 2.15. The summed E-state index contributed by atoms with van der Waals surface area (Å²) in [4.78, 5) is 0. The summed E-state index contributed by atoms with van der Waals surface area (Å²) in [6, 6.07) is 1.66. The zero-order valence-electron chi connectivity index (χ0n) is 9.22. The number of aliphatic hydroxyl groups excluding tert-OH is 1. The molecule has 5 nitrogen and oxygen atoms in total. The van der Waals surface area contributed by atoms with E-state index in [1.807, 2.05) is 0 Å². The molecule has 0 fully saturated rings. The smallest absolute Gasteiger partial charge is 0.211 e. The topological polar surface area (TPSA) is 79.5 Å². The van der Waals surface area contributed by atoms with Crippen molar-refractivity contribution in [3.8, 4) is 0 Å². The minimum Gasteiger partial charge on any atom is -0.472 e. The molecule has 0 spiro atoms. The van der Waals surface area contributed by atoms with Crippen LogP contribution in [0.5, 0.6) is 0 Å². The summed E-state index contributed by atoms with van der Waals surface area (Å²) in [6.45, 7) is 2.04. The molecule has 0 aromatic carbocycles. The molecule has 0 aliphatic rings. The van der Waals surface area contributed by atoms with E-state index in [4.69, 9.17) is 4.42 Å². The quantitative estimate of drug-likeness (QED) is 0.754. The Labute approximate surface area is 95.5 Å². The minimum absolute atomic E-state index is 0.120. The van der Waals surface area contributed by atoms with Crippen LogP contribution in [0.15, 0.2) is 23.0 Å². The highest BCUT2D eigenvalue weighted by Gasteiger charge is 2.11. The molecule has 0 bridgehead atoms. The van der Waals surface area contributed by atoms with Crippen molar-refractivity contribution in [1.82, 2.24) is 4.72 Å². The van der Waals surface area contributed by atoms with E-state index in [1.165, 1.54) is 12.5 Å². The fourth-order valence-corrected chi connectivity index (χ4v) is 2.43. The predicted molar refractivity (Wildman–Crippen MR) is 60.4 cm³/mol. The van der Waals surface area contributed by atoms with E-state index in [2.05, 4.69) is 4.72 Å². The summed E-state index contributed by atoms with van der Waals surface area (Å²) in [5, 5.41) is 9.64. The molecule has 0 aliphatic heterocycles. The van der Waals surface area contributed by atoms with Gasteiger partial charge in [-0.25, -0.2) is 13.1 Å². The number of furan rings is 1. The van der Waals surface area contributed by atoms with Crippen LogP contribution in [-0.4, -0.2) is 25.8 Å². The van der Waals surface area contributed by atoms with Gasteiger partial charge in [0, 0.05) is 12.1 Å². The molecule has 0 saturated carbocycles. The van der Waals surface area contributed by atoms with E-state index in [0.29, 0.717) is 18.4 Å². The normalized spacial score (nSPS) is 13.9. The van der Waals surface area contributed by atoms with Gasteiger partial charge in [-0.3, -0.25) is 0 Å². The molecule has 1 aromatic rings.